The lowest BCUT2D eigenvalue weighted by Crippen LogP contribution is -2.25. The highest BCUT2D eigenvalue weighted by Gasteiger charge is 2.19. The van der Waals surface area contributed by atoms with Gasteiger partial charge in [-0.1, -0.05) is 29.2 Å². The monoisotopic (exact) mass is 368 g/mol. The van der Waals surface area contributed by atoms with Gasteiger partial charge in [0.05, 0.1) is 5.25 Å². The smallest absolute Gasteiger partial charge is 0.237 e. The molecule has 1 amide bonds. The number of hydrogen-bond donors (Lipinski definition) is 2. The molecule has 0 aliphatic heterocycles. The highest BCUT2D eigenvalue weighted by molar-refractivity contribution is 8.02. The number of hydrogen-bond acceptors (Lipinski definition) is 6. The highest BCUT2D eigenvalue weighted by Crippen LogP contribution is 2.30. The summed E-state index contributed by atoms with van der Waals surface area (Å²) in [6.45, 7) is 9.58. The first-order valence-electron chi connectivity index (χ1n) is 7.49. The van der Waals surface area contributed by atoms with Crippen LogP contribution in [0, 0.1) is 12.7 Å². The van der Waals surface area contributed by atoms with Gasteiger partial charge in [-0.15, -0.1) is 10.2 Å². The van der Waals surface area contributed by atoms with E-state index < -0.39 is 0 Å². The van der Waals surface area contributed by atoms with Gasteiger partial charge in [-0.25, -0.2) is 4.39 Å². The minimum absolute atomic E-state index is 0.0972. The number of thioether (sulfide) groups is 1. The predicted molar refractivity (Wildman–Crippen MR) is 98.4 cm³/mol. The Morgan fingerprint density at radius 3 is 2.67 bits per heavy atom. The second-order valence-electron chi connectivity index (χ2n) is 6.46. The number of aryl methyl sites for hydroxylation is 1. The van der Waals surface area contributed by atoms with Gasteiger partial charge in [0.2, 0.25) is 11.0 Å². The Labute approximate surface area is 149 Å². The van der Waals surface area contributed by atoms with Crippen LogP contribution in [0.1, 0.15) is 33.3 Å². The number of nitrogens with one attached hydrogen (secondary N) is 2. The molecule has 0 fully saturated rings. The Kier molecular flexibility index (Phi) is 5.82. The summed E-state index contributed by atoms with van der Waals surface area (Å²) >= 11 is 2.73. The lowest BCUT2D eigenvalue weighted by molar-refractivity contribution is -0.115. The second-order valence-corrected chi connectivity index (χ2v) is 9.03. The average Bonchev–Trinajstić information content (AvgIpc) is 2.87. The van der Waals surface area contributed by atoms with E-state index in [1.165, 1.54) is 29.2 Å². The van der Waals surface area contributed by atoms with E-state index in [9.17, 15) is 9.18 Å². The van der Waals surface area contributed by atoms with Crippen molar-refractivity contribution < 1.29 is 9.18 Å². The van der Waals surface area contributed by atoms with Gasteiger partial charge in [0.15, 0.2) is 4.34 Å². The molecule has 0 aliphatic carbocycles. The maximum Gasteiger partial charge on any atom is 0.237 e. The van der Waals surface area contributed by atoms with Crippen LogP contribution in [0.2, 0.25) is 0 Å². The molecule has 0 aliphatic rings. The minimum atomic E-state index is -0.371. The molecular formula is C16H21FN4OS2. The molecule has 24 heavy (non-hydrogen) atoms. The van der Waals surface area contributed by atoms with Gasteiger partial charge in [-0.2, -0.15) is 0 Å². The number of benzene rings is 1. The predicted octanol–water partition coefficient (Wildman–Crippen LogP) is 4.32. The normalized spacial score (nSPS) is 12.8. The van der Waals surface area contributed by atoms with Crippen molar-refractivity contribution in [3.05, 3.63) is 29.6 Å². The molecule has 0 bridgehead atoms. The van der Waals surface area contributed by atoms with Crippen LogP contribution in [-0.2, 0) is 4.79 Å². The number of carbonyl (C=O) groups excluding carboxylic acids is 1. The molecule has 2 N–H and O–H groups in total. The number of aromatic nitrogens is 2. The summed E-state index contributed by atoms with van der Waals surface area (Å²) in [5.74, 6) is -0.543. The largest absolute Gasteiger partial charge is 0.355 e. The Bertz CT molecular complexity index is 727. The molecule has 1 aromatic heterocycles. The van der Waals surface area contributed by atoms with Gasteiger partial charge in [0.1, 0.15) is 5.82 Å². The number of anilines is 2. The lowest BCUT2D eigenvalue weighted by atomic mass is 10.1. The molecule has 0 saturated heterocycles. The zero-order chi connectivity index (χ0) is 17.9. The maximum absolute atomic E-state index is 13.5. The zero-order valence-electron chi connectivity index (χ0n) is 14.3. The van der Waals surface area contributed by atoms with Crippen LogP contribution in [0.3, 0.4) is 0 Å². The SMILES string of the molecule is Cc1ccc(NC(=O)[C@H](C)Sc2nnc(NC(C)(C)C)s2)cc1F. The highest BCUT2D eigenvalue weighted by atomic mass is 32.2. The molecule has 1 heterocycles. The van der Waals surface area contributed by atoms with E-state index in [0.29, 0.717) is 15.6 Å². The topological polar surface area (TPSA) is 66.9 Å². The Morgan fingerprint density at radius 1 is 1.33 bits per heavy atom. The molecule has 1 atom stereocenters. The van der Waals surface area contributed by atoms with Crippen molar-refractivity contribution in [2.45, 2.75) is 49.7 Å². The Hall–Kier alpha value is -1.67. The Balaban J connectivity index is 1.95. The summed E-state index contributed by atoms with van der Waals surface area (Å²) in [6, 6.07) is 4.64. The molecule has 130 valence electrons. The van der Waals surface area contributed by atoms with Crippen LogP contribution in [-0.4, -0.2) is 26.9 Å². The van der Waals surface area contributed by atoms with Crippen molar-refractivity contribution >= 4 is 39.8 Å². The maximum atomic E-state index is 13.5. The van der Waals surface area contributed by atoms with Gasteiger partial charge in [0.25, 0.3) is 0 Å². The Morgan fingerprint density at radius 2 is 2.04 bits per heavy atom. The summed E-state index contributed by atoms with van der Waals surface area (Å²) in [6.07, 6.45) is 0. The van der Waals surface area contributed by atoms with Crippen LogP contribution < -0.4 is 10.6 Å². The van der Waals surface area contributed by atoms with E-state index >= 15 is 0 Å². The molecular weight excluding hydrogens is 347 g/mol. The van der Waals surface area contributed by atoms with E-state index in [0.717, 1.165) is 5.13 Å². The van der Waals surface area contributed by atoms with E-state index in [1.54, 1.807) is 26.0 Å². The summed E-state index contributed by atoms with van der Waals surface area (Å²) in [4.78, 5) is 12.2. The molecule has 2 rings (SSSR count). The van der Waals surface area contributed by atoms with E-state index in [-0.39, 0.29) is 22.5 Å². The standard InChI is InChI=1S/C16H21FN4OS2/c1-9-6-7-11(8-12(9)17)18-13(22)10(2)23-15-21-20-14(24-15)19-16(3,4)5/h6-8,10H,1-5H3,(H,18,22)(H,19,20)/t10-/m0/s1. The van der Waals surface area contributed by atoms with Crippen molar-refractivity contribution in [2.24, 2.45) is 0 Å². The van der Waals surface area contributed by atoms with Crippen molar-refractivity contribution in [3.63, 3.8) is 0 Å². The van der Waals surface area contributed by atoms with Gasteiger partial charge in [-0.05, 0) is 52.3 Å². The summed E-state index contributed by atoms with van der Waals surface area (Å²) in [5.41, 5.74) is 0.894. The summed E-state index contributed by atoms with van der Waals surface area (Å²) in [7, 11) is 0. The first-order chi connectivity index (χ1) is 11.1. The van der Waals surface area contributed by atoms with E-state index in [4.69, 9.17) is 0 Å². The van der Waals surface area contributed by atoms with Crippen LogP contribution in [0.25, 0.3) is 0 Å². The number of amides is 1. The molecule has 0 spiro atoms. The van der Waals surface area contributed by atoms with Crippen molar-refractivity contribution in [1.29, 1.82) is 0 Å². The van der Waals surface area contributed by atoms with E-state index in [2.05, 4.69) is 20.8 Å². The van der Waals surface area contributed by atoms with Crippen LogP contribution in [0.5, 0.6) is 0 Å². The van der Waals surface area contributed by atoms with Crippen molar-refractivity contribution in [2.75, 3.05) is 10.6 Å². The van der Waals surface area contributed by atoms with E-state index in [1.807, 2.05) is 20.8 Å². The van der Waals surface area contributed by atoms with Gasteiger partial charge in [-0.3, -0.25) is 4.79 Å². The third kappa shape index (κ3) is 5.45. The quantitative estimate of drug-likeness (QED) is 0.770. The number of halogens is 1. The zero-order valence-corrected chi connectivity index (χ0v) is 15.9. The fourth-order valence-electron chi connectivity index (χ4n) is 1.75. The molecule has 1 aromatic carbocycles. The third-order valence-corrected chi connectivity index (χ3v) is 5.00. The van der Waals surface area contributed by atoms with Gasteiger partial charge < -0.3 is 10.6 Å². The molecule has 2 aromatic rings. The van der Waals surface area contributed by atoms with Gasteiger partial charge in [0, 0.05) is 11.2 Å². The number of nitrogens with zero attached hydrogens (tertiary/aromatic N) is 2. The average molecular weight is 369 g/mol. The fourth-order valence-corrected chi connectivity index (χ4v) is 3.85. The number of rotatable bonds is 5. The van der Waals surface area contributed by atoms with Crippen LogP contribution in [0.15, 0.2) is 22.5 Å². The lowest BCUT2D eigenvalue weighted by Gasteiger charge is -2.18. The second kappa shape index (κ2) is 7.48. The van der Waals surface area contributed by atoms with Crippen LogP contribution >= 0.6 is 23.1 Å². The van der Waals surface area contributed by atoms with Crippen molar-refractivity contribution in [1.82, 2.24) is 10.2 Å². The summed E-state index contributed by atoms with van der Waals surface area (Å²) in [5, 5.41) is 14.5. The molecule has 5 nitrogen and oxygen atoms in total. The minimum Gasteiger partial charge on any atom is -0.355 e. The fraction of sp³-hybridized carbons (Fsp3) is 0.438. The first kappa shape index (κ1) is 18.7. The molecule has 0 unspecified atom stereocenters. The molecule has 0 radical (unpaired) electrons. The molecule has 0 saturated carbocycles. The first-order valence-corrected chi connectivity index (χ1v) is 9.19. The van der Waals surface area contributed by atoms with Crippen LogP contribution in [0.4, 0.5) is 15.2 Å². The number of carbonyl (C=O) groups is 1. The third-order valence-electron chi connectivity index (χ3n) is 2.97. The molecule has 8 heteroatoms. The summed E-state index contributed by atoms with van der Waals surface area (Å²) < 4.78 is 14.2. The van der Waals surface area contributed by atoms with Gasteiger partial charge >= 0.3 is 0 Å². The van der Waals surface area contributed by atoms with Crippen molar-refractivity contribution in [3.8, 4) is 0 Å².